The summed E-state index contributed by atoms with van der Waals surface area (Å²) >= 11 is 0. The van der Waals surface area contributed by atoms with E-state index in [1.54, 1.807) is 12.1 Å². The smallest absolute Gasteiger partial charge is 0.335 e. The maximum absolute atomic E-state index is 11.8. The van der Waals surface area contributed by atoms with Gasteiger partial charge in [-0.3, -0.25) is 4.79 Å². The predicted molar refractivity (Wildman–Crippen MR) is 73.8 cm³/mol. The summed E-state index contributed by atoms with van der Waals surface area (Å²) in [6, 6.07) is 6.93. The average Bonchev–Trinajstić information content (AvgIpc) is 2.48. The topological polar surface area (TPSA) is 66.8 Å². The standard InChI is InChI=1S/C15H19NO4/c1-20-10-14(17)16-8-2-3-13(9-16)11-4-6-12(7-5-11)15(18)19/h4-7,13H,2-3,8-10H2,1H3,(H,18,19). The van der Waals surface area contributed by atoms with Gasteiger partial charge < -0.3 is 14.7 Å². The fourth-order valence-electron chi connectivity index (χ4n) is 2.59. The minimum atomic E-state index is -0.919. The molecule has 0 saturated carbocycles. The van der Waals surface area contributed by atoms with Crippen molar-refractivity contribution in [2.45, 2.75) is 18.8 Å². The number of amides is 1. The number of hydrogen-bond acceptors (Lipinski definition) is 3. The summed E-state index contributed by atoms with van der Waals surface area (Å²) in [6.45, 7) is 1.56. The van der Waals surface area contributed by atoms with E-state index >= 15 is 0 Å². The molecular formula is C15H19NO4. The minimum Gasteiger partial charge on any atom is -0.478 e. The number of rotatable bonds is 4. The molecule has 1 unspecified atom stereocenters. The third-order valence-electron chi connectivity index (χ3n) is 3.67. The van der Waals surface area contributed by atoms with E-state index in [2.05, 4.69) is 0 Å². The minimum absolute atomic E-state index is 0.0133. The van der Waals surface area contributed by atoms with Crippen molar-refractivity contribution in [2.24, 2.45) is 0 Å². The maximum atomic E-state index is 11.8. The van der Waals surface area contributed by atoms with Crippen LogP contribution >= 0.6 is 0 Å². The van der Waals surface area contributed by atoms with E-state index in [-0.39, 0.29) is 24.0 Å². The van der Waals surface area contributed by atoms with Gasteiger partial charge in [-0.1, -0.05) is 12.1 Å². The second-order valence-electron chi connectivity index (χ2n) is 5.04. The van der Waals surface area contributed by atoms with E-state index in [4.69, 9.17) is 9.84 Å². The third-order valence-corrected chi connectivity index (χ3v) is 3.67. The van der Waals surface area contributed by atoms with Gasteiger partial charge in [0, 0.05) is 26.1 Å². The van der Waals surface area contributed by atoms with E-state index in [1.165, 1.54) is 7.11 Å². The number of likely N-dealkylation sites (tertiary alicyclic amines) is 1. The zero-order valence-electron chi connectivity index (χ0n) is 11.5. The Morgan fingerprint density at radius 1 is 1.35 bits per heavy atom. The molecule has 0 bridgehead atoms. The Labute approximate surface area is 118 Å². The molecule has 1 saturated heterocycles. The Hall–Kier alpha value is -1.88. The van der Waals surface area contributed by atoms with Crippen molar-refractivity contribution in [1.29, 1.82) is 0 Å². The number of carbonyl (C=O) groups is 2. The molecule has 0 aromatic heterocycles. The molecule has 108 valence electrons. The third kappa shape index (κ3) is 3.36. The molecule has 1 aromatic carbocycles. The summed E-state index contributed by atoms with van der Waals surface area (Å²) in [7, 11) is 1.52. The Bertz CT molecular complexity index is 483. The van der Waals surface area contributed by atoms with E-state index in [0.29, 0.717) is 6.54 Å². The molecule has 1 N–H and O–H groups in total. The lowest BCUT2D eigenvalue weighted by molar-refractivity contribution is -0.136. The van der Waals surface area contributed by atoms with Crippen LogP contribution in [0.5, 0.6) is 0 Å². The number of carbonyl (C=O) groups excluding carboxylic acids is 1. The fraction of sp³-hybridized carbons (Fsp3) is 0.467. The van der Waals surface area contributed by atoms with Crippen molar-refractivity contribution >= 4 is 11.9 Å². The van der Waals surface area contributed by atoms with Crippen molar-refractivity contribution in [1.82, 2.24) is 4.90 Å². The van der Waals surface area contributed by atoms with Crippen molar-refractivity contribution in [3.8, 4) is 0 Å². The van der Waals surface area contributed by atoms with Gasteiger partial charge in [-0.15, -0.1) is 0 Å². The van der Waals surface area contributed by atoms with Crippen LogP contribution in [0.3, 0.4) is 0 Å². The molecule has 1 atom stereocenters. The van der Waals surface area contributed by atoms with Crippen molar-refractivity contribution < 1.29 is 19.4 Å². The molecule has 0 spiro atoms. The molecule has 5 heteroatoms. The van der Waals surface area contributed by atoms with Gasteiger partial charge in [0.05, 0.1) is 5.56 Å². The molecule has 1 aromatic rings. The van der Waals surface area contributed by atoms with Gasteiger partial charge >= 0.3 is 5.97 Å². The van der Waals surface area contributed by atoms with Crippen LogP contribution < -0.4 is 0 Å². The van der Waals surface area contributed by atoms with E-state index in [9.17, 15) is 9.59 Å². The first kappa shape index (κ1) is 14.5. The first-order valence-corrected chi connectivity index (χ1v) is 6.71. The number of nitrogens with zero attached hydrogens (tertiary/aromatic N) is 1. The number of carboxylic acids is 1. The van der Waals surface area contributed by atoms with Gasteiger partial charge in [-0.05, 0) is 30.5 Å². The highest BCUT2D eigenvalue weighted by atomic mass is 16.5. The molecule has 0 aliphatic carbocycles. The zero-order chi connectivity index (χ0) is 14.5. The number of ether oxygens (including phenoxy) is 1. The number of aromatic carboxylic acids is 1. The Balaban J connectivity index is 2.04. The first-order valence-electron chi connectivity index (χ1n) is 6.71. The molecule has 2 rings (SSSR count). The highest BCUT2D eigenvalue weighted by molar-refractivity contribution is 5.87. The van der Waals surface area contributed by atoms with E-state index < -0.39 is 5.97 Å². The van der Waals surface area contributed by atoms with Crippen LogP contribution in [0.2, 0.25) is 0 Å². The average molecular weight is 277 g/mol. The lowest BCUT2D eigenvalue weighted by Gasteiger charge is -2.33. The molecule has 1 amide bonds. The van der Waals surface area contributed by atoms with Crippen LogP contribution in [0.15, 0.2) is 24.3 Å². The SMILES string of the molecule is COCC(=O)N1CCCC(c2ccc(C(=O)O)cc2)C1. The van der Waals surface area contributed by atoms with Crippen molar-refractivity contribution in [2.75, 3.05) is 26.8 Å². The van der Waals surface area contributed by atoms with Gasteiger partial charge in [-0.25, -0.2) is 4.79 Å². The lowest BCUT2D eigenvalue weighted by Crippen LogP contribution is -2.40. The molecule has 1 heterocycles. The van der Waals surface area contributed by atoms with Crippen LogP contribution in [0, 0.1) is 0 Å². The number of carboxylic acid groups (broad SMARTS) is 1. The second kappa shape index (κ2) is 6.52. The first-order chi connectivity index (χ1) is 9.61. The van der Waals surface area contributed by atoms with Crippen LogP contribution in [-0.2, 0) is 9.53 Å². The van der Waals surface area contributed by atoms with Gasteiger partial charge in [-0.2, -0.15) is 0 Å². The van der Waals surface area contributed by atoms with Crippen LogP contribution in [0.25, 0.3) is 0 Å². The van der Waals surface area contributed by atoms with Crippen LogP contribution in [0.1, 0.15) is 34.7 Å². The number of piperidine rings is 1. The summed E-state index contributed by atoms with van der Waals surface area (Å²) in [5, 5.41) is 8.89. The molecule has 5 nitrogen and oxygen atoms in total. The Morgan fingerprint density at radius 3 is 2.65 bits per heavy atom. The number of benzene rings is 1. The molecule has 1 aliphatic rings. The summed E-state index contributed by atoms with van der Waals surface area (Å²) in [4.78, 5) is 24.5. The zero-order valence-corrected chi connectivity index (χ0v) is 11.5. The second-order valence-corrected chi connectivity index (χ2v) is 5.04. The van der Waals surface area contributed by atoms with E-state index in [0.717, 1.165) is 24.9 Å². The lowest BCUT2D eigenvalue weighted by atomic mass is 9.90. The highest BCUT2D eigenvalue weighted by Crippen LogP contribution is 2.27. The predicted octanol–water partition coefficient (Wildman–Crippen LogP) is 1.74. The Kier molecular flexibility index (Phi) is 4.74. The van der Waals surface area contributed by atoms with Crippen molar-refractivity contribution in [3.05, 3.63) is 35.4 Å². The van der Waals surface area contributed by atoms with E-state index in [1.807, 2.05) is 17.0 Å². The fourth-order valence-corrected chi connectivity index (χ4v) is 2.59. The molecule has 1 aliphatic heterocycles. The molecule has 0 radical (unpaired) electrons. The van der Waals surface area contributed by atoms with Crippen molar-refractivity contribution in [3.63, 3.8) is 0 Å². The summed E-state index contributed by atoms with van der Waals surface area (Å²) in [5.74, 6) is -0.635. The highest BCUT2D eigenvalue weighted by Gasteiger charge is 2.24. The maximum Gasteiger partial charge on any atom is 0.335 e. The molecule has 20 heavy (non-hydrogen) atoms. The van der Waals surface area contributed by atoms with Gasteiger partial charge in [0.1, 0.15) is 6.61 Å². The monoisotopic (exact) mass is 277 g/mol. The number of hydrogen-bond donors (Lipinski definition) is 1. The normalized spacial score (nSPS) is 18.9. The summed E-state index contributed by atoms with van der Waals surface area (Å²) in [5.41, 5.74) is 1.38. The summed E-state index contributed by atoms with van der Waals surface area (Å²) in [6.07, 6.45) is 1.98. The molecule has 1 fully saturated rings. The van der Waals surface area contributed by atoms with Crippen LogP contribution in [-0.4, -0.2) is 48.7 Å². The summed E-state index contributed by atoms with van der Waals surface area (Å²) < 4.78 is 4.88. The van der Waals surface area contributed by atoms with Gasteiger partial charge in [0.15, 0.2) is 0 Å². The van der Waals surface area contributed by atoms with Gasteiger partial charge in [0.25, 0.3) is 0 Å². The Morgan fingerprint density at radius 2 is 2.05 bits per heavy atom. The molecular weight excluding hydrogens is 258 g/mol. The largest absolute Gasteiger partial charge is 0.478 e. The van der Waals surface area contributed by atoms with Gasteiger partial charge in [0.2, 0.25) is 5.91 Å². The van der Waals surface area contributed by atoms with Crippen LogP contribution in [0.4, 0.5) is 0 Å². The quantitative estimate of drug-likeness (QED) is 0.910. The number of methoxy groups -OCH3 is 1.